The quantitative estimate of drug-likeness (QED) is 0.700. The molecule has 0 radical (unpaired) electrons. The largest absolute Gasteiger partial charge is 0.497 e. The second-order valence-electron chi connectivity index (χ2n) is 4.09. The van der Waals surface area contributed by atoms with Crippen molar-refractivity contribution in [2.45, 2.75) is 31.1 Å². The molecule has 2 heteroatoms. The maximum Gasteiger partial charge on any atom is 0.158 e. The van der Waals surface area contributed by atoms with Crippen molar-refractivity contribution in [1.29, 1.82) is 0 Å². The molecule has 15 heavy (non-hydrogen) atoms. The summed E-state index contributed by atoms with van der Waals surface area (Å²) < 4.78 is 5.24. The van der Waals surface area contributed by atoms with Gasteiger partial charge in [-0.15, -0.1) is 0 Å². The van der Waals surface area contributed by atoms with Gasteiger partial charge in [0.25, 0.3) is 0 Å². The van der Waals surface area contributed by atoms with Crippen LogP contribution in [0.3, 0.4) is 0 Å². The summed E-state index contributed by atoms with van der Waals surface area (Å²) in [6.45, 7) is 2.21. The summed E-state index contributed by atoms with van der Waals surface area (Å²) in [4.78, 5) is 1.57. The summed E-state index contributed by atoms with van der Waals surface area (Å²) in [5.74, 6) is 3.78. The number of methoxy groups -OCH3 is 1. The third kappa shape index (κ3) is 2.49. The van der Waals surface area contributed by atoms with Crippen molar-refractivity contribution in [1.82, 2.24) is 0 Å². The first kappa shape index (κ1) is 10.9. The fraction of sp³-hybridized carbons (Fsp3) is 0.538. The highest BCUT2D eigenvalue weighted by Gasteiger charge is 2.26. The predicted octanol–water partition coefficient (Wildman–Crippen LogP) is 3.16. The molecule has 0 N–H and O–H groups in total. The van der Waals surface area contributed by atoms with E-state index in [4.69, 9.17) is 4.74 Å². The Hall–Kier alpha value is -0.630. The smallest absolute Gasteiger partial charge is 0.158 e. The van der Waals surface area contributed by atoms with Crippen molar-refractivity contribution < 1.29 is 4.74 Å². The van der Waals surface area contributed by atoms with Crippen molar-refractivity contribution in [3.8, 4) is 5.75 Å². The molecule has 0 aromatic heterocycles. The van der Waals surface area contributed by atoms with Crippen molar-refractivity contribution in [2.24, 2.45) is 0 Å². The lowest BCUT2D eigenvalue weighted by atomic mass is 10.2. The average Bonchev–Trinajstić information content (AvgIpc) is 2.30. The molecule has 0 unspecified atom stereocenters. The van der Waals surface area contributed by atoms with Gasteiger partial charge in [0.05, 0.1) is 7.11 Å². The van der Waals surface area contributed by atoms with E-state index in [-0.39, 0.29) is 0 Å². The van der Waals surface area contributed by atoms with E-state index in [1.807, 2.05) is 0 Å². The number of aryl methyl sites for hydroxylation is 1. The molecule has 1 nitrogen and oxygen atoms in total. The number of hydrogen-bond acceptors (Lipinski definition) is 1. The molecule has 1 aliphatic rings. The Morgan fingerprint density at radius 2 is 1.87 bits per heavy atom. The van der Waals surface area contributed by atoms with Gasteiger partial charge in [-0.25, -0.2) is 0 Å². The molecule has 1 saturated heterocycles. The minimum absolute atomic E-state index is 0.515. The van der Waals surface area contributed by atoms with Crippen molar-refractivity contribution in [3.63, 3.8) is 0 Å². The SMILES string of the molecule is COc1ccc([S+]2CCCCC2)c(C)c1. The van der Waals surface area contributed by atoms with Crippen LogP contribution in [0.4, 0.5) is 0 Å². The third-order valence-corrected chi connectivity index (χ3v) is 5.62. The standard InChI is InChI=1S/C13H19OS/c1-11-10-12(14-2)6-7-13(11)15-8-4-3-5-9-15/h6-7,10H,3-5,8-9H2,1-2H3/q+1. The van der Waals surface area contributed by atoms with E-state index in [0.717, 1.165) is 5.75 Å². The highest BCUT2D eigenvalue weighted by atomic mass is 32.2. The molecule has 1 fully saturated rings. The molecule has 0 aliphatic carbocycles. The Kier molecular flexibility index (Phi) is 3.57. The molecular formula is C13H19OS+. The van der Waals surface area contributed by atoms with Crippen LogP contribution in [-0.2, 0) is 10.9 Å². The lowest BCUT2D eigenvalue weighted by Gasteiger charge is -2.15. The van der Waals surface area contributed by atoms with E-state index in [2.05, 4.69) is 25.1 Å². The topological polar surface area (TPSA) is 9.23 Å². The van der Waals surface area contributed by atoms with Crippen LogP contribution in [-0.4, -0.2) is 18.6 Å². The van der Waals surface area contributed by atoms with Gasteiger partial charge in [-0.3, -0.25) is 0 Å². The van der Waals surface area contributed by atoms with Crippen LogP contribution in [0.2, 0.25) is 0 Å². The van der Waals surface area contributed by atoms with Crippen molar-refractivity contribution in [3.05, 3.63) is 23.8 Å². The molecular weight excluding hydrogens is 204 g/mol. The zero-order chi connectivity index (χ0) is 10.7. The zero-order valence-corrected chi connectivity index (χ0v) is 10.4. The molecule has 0 spiro atoms. The number of ether oxygens (including phenoxy) is 1. The summed E-state index contributed by atoms with van der Waals surface area (Å²) in [5.41, 5.74) is 1.40. The molecule has 82 valence electrons. The third-order valence-electron chi connectivity index (χ3n) is 2.97. The Morgan fingerprint density at radius 3 is 2.47 bits per heavy atom. The molecule has 2 rings (SSSR count). The summed E-state index contributed by atoms with van der Waals surface area (Å²) >= 11 is 0. The molecule has 0 amide bonds. The van der Waals surface area contributed by atoms with Gasteiger partial charge in [0.2, 0.25) is 0 Å². The second-order valence-corrected chi connectivity index (χ2v) is 6.34. The Balaban J connectivity index is 2.19. The van der Waals surface area contributed by atoms with Gasteiger partial charge < -0.3 is 4.74 Å². The van der Waals surface area contributed by atoms with Crippen LogP contribution in [0, 0.1) is 6.92 Å². The van der Waals surface area contributed by atoms with Crippen LogP contribution in [0.1, 0.15) is 24.8 Å². The van der Waals surface area contributed by atoms with E-state index in [9.17, 15) is 0 Å². The van der Waals surface area contributed by atoms with Gasteiger partial charge >= 0.3 is 0 Å². The second kappa shape index (κ2) is 4.93. The van der Waals surface area contributed by atoms with E-state index in [0.29, 0.717) is 10.9 Å². The maximum absolute atomic E-state index is 5.24. The Labute approximate surface area is 95.2 Å². The Morgan fingerprint density at radius 1 is 1.13 bits per heavy atom. The summed E-state index contributed by atoms with van der Waals surface area (Å²) in [7, 11) is 2.25. The average molecular weight is 223 g/mol. The van der Waals surface area contributed by atoms with E-state index >= 15 is 0 Å². The van der Waals surface area contributed by atoms with E-state index in [1.165, 1.54) is 36.3 Å². The van der Waals surface area contributed by atoms with Gasteiger partial charge in [-0.1, -0.05) is 0 Å². The fourth-order valence-electron chi connectivity index (χ4n) is 2.12. The van der Waals surface area contributed by atoms with Crippen LogP contribution in [0.25, 0.3) is 0 Å². The van der Waals surface area contributed by atoms with Crippen LogP contribution in [0.5, 0.6) is 5.75 Å². The molecule has 1 aromatic rings. The number of benzene rings is 1. The summed E-state index contributed by atoms with van der Waals surface area (Å²) in [6.07, 6.45) is 4.25. The van der Waals surface area contributed by atoms with Gasteiger partial charge in [0.1, 0.15) is 17.3 Å². The lowest BCUT2D eigenvalue weighted by molar-refractivity contribution is 0.414. The normalized spacial score (nSPS) is 17.7. The highest BCUT2D eigenvalue weighted by Crippen LogP contribution is 2.27. The van der Waals surface area contributed by atoms with Crippen LogP contribution >= 0.6 is 0 Å². The number of hydrogen-bond donors (Lipinski definition) is 0. The first-order valence-corrected chi connectivity index (χ1v) is 7.19. The highest BCUT2D eigenvalue weighted by molar-refractivity contribution is 7.97. The summed E-state index contributed by atoms with van der Waals surface area (Å²) in [5, 5.41) is 0. The maximum atomic E-state index is 5.24. The molecule has 1 heterocycles. The molecule has 0 atom stereocenters. The Bertz CT molecular complexity index is 329. The van der Waals surface area contributed by atoms with Crippen LogP contribution in [0.15, 0.2) is 23.1 Å². The van der Waals surface area contributed by atoms with Crippen molar-refractivity contribution in [2.75, 3.05) is 18.6 Å². The van der Waals surface area contributed by atoms with E-state index in [1.54, 1.807) is 12.0 Å². The molecule has 1 aromatic carbocycles. The monoisotopic (exact) mass is 223 g/mol. The summed E-state index contributed by atoms with van der Waals surface area (Å²) in [6, 6.07) is 6.53. The predicted molar refractivity (Wildman–Crippen MR) is 66.9 cm³/mol. The van der Waals surface area contributed by atoms with Crippen LogP contribution < -0.4 is 4.74 Å². The van der Waals surface area contributed by atoms with Gasteiger partial charge in [-0.05, 0) is 44.4 Å². The van der Waals surface area contributed by atoms with Gasteiger partial charge in [-0.2, -0.15) is 0 Å². The van der Waals surface area contributed by atoms with E-state index < -0.39 is 0 Å². The van der Waals surface area contributed by atoms with Crippen molar-refractivity contribution >= 4 is 10.9 Å². The fourth-order valence-corrected chi connectivity index (χ4v) is 4.65. The molecule has 0 bridgehead atoms. The van der Waals surface area contributed by atoms with Gasteiger partial charge in [0.15, 0.2) is 4.90 Å². The zero-order valence-electron chi connectivity index (χ0n) is 9.58. The first-order valence-electron chi connectivity index (χ1n) is 5.63. The first-order chi connectivity index (χ1) is 7.31. The minimum Gasteiger partial charge on any atom is -0.497 e. The van der Waals surface area contributed by atoms with Gasteiger partial charge in [0, 0.05) is 16.5 Å². The molecule has 0 saturated carbocycles. The molecule has 1 aliphatic heterocycles. The number of rotatable bonds is 2. The minimum atomic E-state index is 0.515. The lowest BCUT2D eigenvalue weighted by Crippen LogP contribution is -2.18.